The van der Waals surface area contributed by atoms with Gasteiger partial charge >= 0.3 is 0 Å². The standard InChI is InChI=1S/C21H18N4O2/c1-26-18-10-6-5-9-16(18)13-22-19-12-11-17(14-23-19)21-24-20(25-27-21)15-7-3-2-4-8-15/h2-12,14H,13H2,1H3,(H,22,23). The van der Waals surface area contributed by atoms with E-state index in [9.17, 15) is 0 Å². The smallest absolute Gasteiger partial charge is 0.259 e. The molecule has 0 aliphatic heterocycles. The molecule has 2 heterocycles. The molecule has 0 aliphatic carbocycles. The van der Waals surface area contributed by atoms with Crippen LogP contribution in [0.2, 0.25) is 0 Å². The summed E-state index contributed by atoms with van der Waals surface area (Å²) in [5.41, 5.74) is 2.75. The number of para-hydroxylation sites is 1. The molecule has 1 N–H and O–H groups in total. The van der Waals surface area contributed by atoms with Gasteiger partial charge in [0.15, 0.2) is 0 Å². The summed E-state index contributed by atoms with van der Waals surface area (Å²) in [6, 6.07) is 21.4. The van der Waals surface area contributed by atoms with E-state index in [-0.39, 0.29) is 0 Å². The topological polar surface area (TPSA) is 73.1 Å². The average Bonchev–Trinajstić information content (AvgIpc) is 3.24. The van der Waals surface area contributed by atoms with E-state index in [0.29, 0.717) is 18.3 Å². The second-order valence-corrected chi connectivity index (χ2v) is 5.89. The quantitative estimate of drug-likeness (QED) is 0.550. The van der Waals surface area contributed by atoms with Crippen LogP contribution in [-0.4, -0.2) is 22.2 Å². The minimum Gasteiger partial charge on any atom is -0.496 e. The Kier molecular flexibility index (Phi) is 4.78. The molecule has 0 saturated heterocycles. The number of anilines is 1. The lowest BCUT2D eigenvalue weighted by molar-refractivity contribution is 0.410. The lowest BCUT2D eigenvalue weighted by atomic mass is 10.2. The number of aromatic nitrogens is 3. The van der Waals surface area contributed by atoms with E-state index in [1.54, 1.807) is 13.3 Å². The fraction of sp³-hybridized carbons (Fsp3) is 0.0952. The highest BCUT2D eigenvalue weighted by molar-refractivity contribution is 5.60. The average molecular weight is 358 g/mol. The monoisotopic (exact) mass is 358 g/mol. The minimum atomic E-state index is 0.442. The molecule has 6 nitrogen and oxygen atoms in total. The first-order valence-electron chi connectivity index (χ1n) is 8.55. The number of nitrogens with zero attached hydrogens (tertiary/aromatic N) is 3. The van der Waals surface area contributed by atoms with E-state index < -0.39 is 0 Å². The van der Waals surface area contributed by atoms with Gasteiger partial charge in [0.25, 0.3) is 5.89 Å². The zero-order valence-electron chi connectivity index (χ0n) is 14.8. The Hall–Kier alpha value is -3.67. The van der Waals surface area contributed by atoms with Crippen molar-refractivity contribution in [2.75, 3.05) is 12.4 Å². The minimum absolute atomic E-state index is 0.442. The molecule has 0 spiro atoms. The van der Waals surface area contributed by atoms with Gasteiger partial charge < -0.3 is 14.6 Å². The number of methoxy groups -OCH3 is 1. The molecule has 0 saturated carbocycles. The molecule has 4 aromatic rings. The number of rotatable bonds is 6. The van der Waals surface area contributed by atoms with Gasteiger partial charge in [-0.1, -0.05) is 53.7 Å². The summed E-state index contributed by atoms with van der Waals surface area (Å²) in [6.45, 7) is 0.620. The van der Waals surface area contributed by atoms with Crippen LogP contribution in [0.5, 0.6) is 5.75 Å². The van der Waals surface area contributed by atoms with Crippen molar-refractivity contribution in [3.63, 3.8) is 0 Å². The number of benzene rings is 2. The largest absolute Gasteiger partial charge is 0.496 e. The molecule has 0 amide bonds. The van der Waals surface area contributed by atoms with E-state index >= 15 is 0 Å². The molecule has 0 radical (unpaired) electrons. The van der Waals surface area contributed by atoms with Gasteiger partial charge in [-0.25, -0.2) is 4.98 Å². The predicted octanol–water partition coefficient (Wildman–Crippen LogP) is 4.42. The molecule has 134 valence electrons. The number of nitrogens with one attached hydrogen (secondary N) is 1. The molecule has 4 rings (SSSR count). The van der Waals surface area contributed by atoms with Crippen LogP contribution >= 0.6 is 0 Å². The third-order valence-corrected chi connectivity index (χ3v) is 4.12. The van der Waals surface area contributed by atoms with Crippen molar-refractivity contribution in [1.29, 1.82) is 0 Å². The van der Waals surface area contributed by atoms with Crippen LogP contribution in [-0.2, 0) is 6.54 Å². The van der Waals surface area contributed by atoms with E-state index in [4.69, 9.17) is 9.26 Å². The van der Waals surface area contributed by atoms with Crippen LogP contribution in [0.3, 0.4) is 0 Å². The van der Waals surface area contributed by atoms with Crippen LogP contribution < -0.4 is 10.1 Å². The van der Waals surface area contributed by atoms with Crippen LogP contribution in [0.1, 0.15) is 5.56 Å². The van der Waals surface area contributed by atoms with Gasteiger partial charge in [0, 0.05) is 23.9 Å². The Bertz CT molecular complexity index is 1010. The third-order valence-electron chi connectivity index (χ3n) is 4.12. The van der Waals surface area contributed by atoms with Crippen molar-refractivity contribution >= 4 is 5.82 Å². The first kappa shape index (κ1) is 16.8. The van der Waals surface area contributed by atoms with Gasteiger partial charge in [0.05, 0.1) is 12.7 Å². The number of hydrogen-bond donors (Lipinski definition) is 1. The van der Waals surface area contributed by atoms with Crippen LogP contribution in [0.4, 0.5) is 5.82 Å². The molecule has 0 aliphatic rings. The summed E-state index contributed by atoms with van der Waals surface area (Å²) < 4.78 is 10.7. The summed E-state index contributed by atoms with van der Waals surface area (Å²) in [6.07, 6.45) is 1.72. The molecule has 2 aromatic heterocycles. The highest BCUT2D eigenvalue weighted by Gasteiger charge is 2.11. The van der Waals surface area contributed by atoms with Gasteiger partial charge in [-0.05, 0) is 18.2 Å². The Labute approximate surface area is 156 Å². The Morgan fingerprint density at radius 3 is 2.52 bits per heavy atom. The number of hydrogen-bond acceptors (Lipinski definition) is 6. The summed E-state index contributed by atoms with van der Waals surface area (Å²) in [5, 5.41) is 7.32. The zero-order chi connectivity index (χ0) is 18.5. The van der Waals surface area contributed by atoms with E-state index in [1.807, 2.05) is 66.7 Å². The molecule has 0 bridgehead atoms. The predicted molar refractivity (Wildman–Crippen MR) is 103 cm³/mol. The molecule has 0 unspecified atom stereocenters. The second-order valence-electron chi connectivity index (χ2n) is 5.89. The van der Waals surface area contributed by atoms with Crippen molar-refractivity contribution in [2.24, 2.45) is 0 Å². The van der Waals surface area contributed by atoms with Crippen molar-refractivity contribution in [3.8, 4) is 28.6 Å². The molecule has 6 heteroatoms. The molecular weight excluding hydrogens is 340 g/mol. The van der Waals surface area contributed by atoms with Gasteiger partial charge in [0.1, 0.15) is 11.6 Å². The second kappa shape index (κ2) is 7.70. The summed E-state index contributed by atoms with van der Waals surface area (Å²) in [4.78, 5) is 8.87. The number of ether oxygens (including phenoxy) is 1. The van der Waals surface area contributed by atoms with E-state index in [1.165, 1.54) is 0 Å². The molecular formula is C21H18N4O2. The molecule has 0 fully saturated rings. The summed E-state index contributed by atoms with van der Waals surface area (Å²) >= 11 is 0. The SMILES string of the molecule is COc1ccccc1CNc1ccc(-c2nc(-c3ccccc3)no2)cn1. The Balaban J connectivity index is 1.46. The van der Waals surface area contributed by atoms with Crippen molar-refractivity contribution in [2.45, 2.75) is 6.54 Å². The van der Waals surface area contributed by atoms with E-state index in [0.717, 1.165) is 28.3 Å². The van der Waals surface area contributed by atoms with Crippen molar-refractivity contribution in [3.05, 3.63) is 78.5 Å². The van der Waals surface area contributed by atoms with Crippen molar-refractivity contribution in [1.82, 2.24) is 15.1 Å². The molecule has 27 heavy (non-hydrogen) atoms. The highest BCUT2D eigenvalue weighted by Crippen LogP contribution is 2.23. The Morgan fingerprint density at radius 1 is 0.926 bits per heavy atom. The normalized spacial score (nSPS) is 10.6. The van der Waals surface area contributed by atoms with Crippen LogP contribution in [0.15, 0.2) is 77.4 Å². The fourth-order valence-electron chi connectivity index (χ4n) is 2.70. The summed E-state index contributed by atoms with van der Waals surface area (Å²) in [5.74, 6) is 2.61. The van der Waals surface area contributed by atoms with E-state index in [2.05, 4.69) is 20.4 Å². The third kappa shape index (κ3) is 3.79. The van der Waals surface area contributed by atoms with Crippen LogP contribution in [0, 0.1) is 0 Å². The number of pyridine rings is 1. The lowest BCUT2D eigenvalue weighted by Gasteiger charge is -2.09. The lowest BCUT2D eigenvalue weighted by Crippen LogP contribution is -2.02. The van der Waals surface area contributed by atoms with Gasteiger partial charge in [-0.3, -0.25) is 0 Å². The molecule has 2 aromatic carbocycles. The first-order valence-corrected chi connectivity index (χ1v) is 8.55. The maximum atomic E-state index is 5.37. The van der Waals surface area contributed by atoms with Gasteiger partial charge in [-0.2, -0.15) is 4.98 Å². The van der Waals surface area contributed by atoms with Gasteiger partial charge in [0.2, 0.25) is 5.82 Å². The maximum absolute atomic E-state index is 5.37. The Morgan fingerprint density at radius 2 is 1.74 bits per heavy atom. The van der Waals surface area contributed by atoms with Gasteiger partial charge in [-0.15, -0.1) is 0 Å². The fourth-order valence-corrected chi connectivity index (χ4v) is 2.70. The molecule has 0 atom stereocenters. The summed E-state index contributed by atoms with van der Waals surface area (Å²) in [7, 11) is 1.67. The van der Waals surface area contributed by atoms with Crippen LogP contribution in [0.25, 0.3) is 22.8 Å². The first-order chi connectivity index (χ1) is 13.3. The zero-order valence-corrected chi connectivity index (χ0v) is 14.8. The highest BCUT2D eigenvalue weighted by atomic mass is 16.5. The van der Waals surface area contributed by atoms with Crippen molar-refractivity contribution < 1.29 is 9.26 Å². The maximum Gasteiger partial charge on any atom is 0.259 e.